The Hall–Kier alpha value is -5.06. The Kier molecular flexibility index (Phi) is 15.0. The third-order valence-corrected chi connectivity index (χ3v) is 12.8. The highest BCUT2D eigenvalue weighted by molar-refractivity contribution is 6.04. The zero-order valence-corrected chi connectivity index (χ0v) is 38.0. The lowest BCUT2D eigenvalue weighted by Gasteiger charge is -2.33. The molecule has 8 rings (SSSR count). The molecule has 0 spiro atoms. The Labute approximate surface area is 383 Å². The fourth-order valence-electron chi connectivity index (χ4n) is 9.37. The number of aryl methyl sites for hydroxylation is 1. The Morgan fingerprint density at radius 2 is 1.61 bits per heavy atom. The lowest BCUT2D eigenvalue weighted by atomic mass is 9.84. The van der Waals surface area contributed by atoms with Gasteiger partial charge in [0.25, 0.3) is 5.91 Å². The SMILES string of the molecule is Cc1ccc(C(=O)Nc2ccc(CN3CCN(C)CC3)c(C(F)(F)F)c2)cc1C#Cc1cnc2cc(OCCOCCOCCOCCNC(=O)C3CC4CC3C3OC(C)(C)OC43)ccn12. The van der Waals surface area contributed by atoms with Crippen LogP contribution >= 0.6 is 0 Å². The summed E-state index contributed by atoms with van der Waals surface area (Å²) in [7, 11) is 2.00. The van der Waals surface area contributed by atoms with Gasteiger partial charge in [-0.05, 0) is 99.9 Å². The molecule has 4 fully saturated rings. The molecular formula is C49H59F3N6O8. The van der Waals surface area contributed by atoms with Crippen LogP contribution in [0, 0.1) is 36.5 Å². The first-order chi connectivity index (χ1) is 31.7. The number of anilines is 1. The molecule has 14 nitrogen and oxygen atoms in total. The Balaban J connectivity index is 0.719. The monoisotopic (exact) mass is 916 g/mol. The molecule has 2 aromatic carbocycles. The van der Waals surface area contributed by atoms with Gasteiger partial charge in [0, 0.05) is 74.3 Å². The molecule has 2 saturated heterocycles. The molecule has 5 atom stereocenters. The number of piperazine rings is 1. The summed E-state index contributed by atoms with van der Waals surface area (Å²) in [6, 6.07) is 12.6. The topological polar surface area (TPSA) is 137 Å². The summed E-state index contributed by atoms with van der Waals surface area (Å²) in [6.07, 6.45) is 0.854. The van der Waals surface area contributed by atoms with Crippen molar-refractivity contribution in [3.05, 3.63) is 94.4 Å². The largest absolute Gasteiger partial charge is 0.491 e. The van der Waals surface area contributed by atoms with E-state index in [1.54, 1.807) is 30.5 Å². The van der Waals surface area contributed by atoms with Crippen molar-refractivity contribution < 1.29 is 51.2 Å². The van der Waals surface area contributed by atoms with Crippen molar-refractivity contribution in [3.8, 4) is 17.6 Å². The van der Waals surface area contributed by atoms with E-state index in [0.717, 1.165) is 37.6 Å². The molecule has 5 unspecified atom stereocenters. The highest BCUT2D eigenvalue weighted by atomic mass is 19.4. The number of aromatic nitrogens is 2. The predicted molar refractivity (Wildman–Crippen MR) is 239 cm³/mol. The van der Waals surface area contributed by atoms with Gasteiger partial charge in [-0.3, -0.25) is 18.9 Å². The highest BCUT2D eigenvalue weighted by Gasteiger charge is 2.61. The number of benzene rings is 2. The van der Waals surface area contributed by atoms with Crippen molar-refractivity contribution in [2.24, 2.45) is 17.8 Å². The first kappa shape index (κ1) is 47.4. The average molecular weight is 917 g/mol. The van der Waals surface area contributed by atoms with Crippen LogP contribution in [0.1, 0.15) is 65.0 Å². The van der Waals surface area contributed by atoms with Crippen LogP contribution in [-0.4, -0.2) is 135 Å². The van der Waals surface area contributed by atoms with E-state index in [0.29, 0.717) is 94.5 Å². The average Bonchev–Trinajstić information content (AvgIpc) is 4.06. The van der Waals surface area contributed by atoms with E-state index in [2.05, 4.69) is 32.4 Å². The first-order valence-electron chi connectivity index (χ1n) is 22.7. The molecule has 2 aliphatic heterocycles. The van der Waals surface area contributed by atoms with Gasteiger partial charge in [-0.15, -0.1) is 0 Å². The predicted octanol–water partition coefficient (Wildman–Crippen LogP) is 5.78. The first-order valence-corrected chi connectivity index (χ1v) is 22.7. The van der Waals surface area contributed by atoms with E-state index in [1.807, 2.05) is 49.4 Å². The molecule has 66 heavy (non-hydrogen) atoms. The summed E-state index contributed by atoms with van der Waals surface area (Å²) in [5.41, 5.74) is 2.42. The second-order valence-corrected chi connectivity index (χ2v) is 18.0. The number of carbonyl (C=O) groups excluding carboxylic acids is 2. The van der Waals surface area contributed by atoms with Crippen molar-refractivity contribution in [2.45, 2.75) is 64.3 Å². The van der Waals surface area contributed by atoms with Gasteiger partial charge >= 0.3 is 6.18 Å². The van der Waals surface area contributed by atoms with Crippen molar-refractivity contribution in [2.75, 3.05) is 91.3 Å². The number of fused-ring (bicyclic) bond motifs is 6. The number of nitrogens with zero attached hydrogens (tertiary/aromatic N) is 4. The minimum Gasteiger partial charge on any atom is -0.491 e. The van der Waals surface area contributed by atoms with Crippen molar-refractivity contribution >= 4 is 23.1 Å². The summed E-state index contributed by atoms with van der Waals surface area (Å²) in [5.74, 6) is 6.42. The number of amides is 2. The zero-order chi connectivity index (χ0) is 46.4. The quantitative estimate of drug-likeness (QED) is 0.0929. The fraction of sp³-hybridized carbons (Fsp3) is 0.531. The van der Waals surface area contributed by atoms with Gasteiger partial charge in [-0.25, -0.2) is 4.98 Å². The van der Waals surface area contributed by atoms with Gasteiger partial charge in [0.2, 0.25) is 5.91 Å². The highest BCUT2D eigenvalue weighted by Crippen LogP contribution is 2.55. The Morgan fingerprint density at radius 1 is 0.879 bits per heavy atom. The zero-order valence-electron chi connectivity index (χ0n) is 38.0. The van der Waals surface area contributed by atoms with Gasteiger partial charge in [0.15, 0.2) is 5.79 Å². The number of hydrogen-bond acceptors (Lipinski definition) is 11. The number of ether oxygens (including phenoxy) is 6. The summed E-state index contributed by atoms with van der Waals surface area (Å²) in [5, 5.41) is 5.66. The molecular weight excluding hydrogens is 858 g/mol. The van der Waals surface area contributed by atoms with Gasteiger partial charge in [-0.1, -0.05) is 18.1 Å². The maximum atomic E-state index is 14.2. The minimum atomic E-state index is -4.57. The molecule has 2 N–H and O–H groups in total. The van der Waals surface area contributed by atoms with Crippen molar-refractivity contribution in [1.82, 2.24) is 24.5 Å². The number of rotatable bonds is 18. The summed E-state index contributed by atoms with van der Waals surface area (Å²) in [4.78, 5) is 34.8. The van der Waals surface area contributed by atoms with E-state index in [1.165, 1.54) is 12.1 Å². The van der Waals surface area contributed by atoms with Crippen LogP contribution < -0.4 is 15.4 Å². The van der Waals surface area contributed by atoms with Crippen LogP contribution in [-0.2, 0) is 41.2 Å². The lowest BCUT2D eigenvalue weighted by Crippen LogP contribution is -2.44. The molecule has 4 aromatic rings. The van der Waals surface area contributed by atoms with Crippen LogP contribution in [0.5, 0.6) is 5.75 Å². The maximum Gasteiger partial charge on any atom is 0.416 e. The fourth-order valence-corrected chi connectivity index (χ4v) is 9.37. The van der Waals surface area contributed by atoms with Crippen LogP contribution in [0.15, 0.2) is 60.9 Å². The van der Waals surface area contributed by atoms with E-state index >= 15 is 0 Å². The van der Waals surface area contributed by atoms with E-state index < -0.39 is 23.4 Å². The molecule has 4 heterocycles. The second kappa shape index (κ2) is 20.8. The molecule has 2 bridgehead atoms. The normalized spacial score (nSPS) is 22.6. The Bertz CT molecular complexity index is 2410. The number of halogens is 3. The third kappa shape index (κ3) is 11.7. The molecule has 17 heteroatoms. The standard InChI is InChI=1S/C49H59F3N6O8/c1-32-5-6-34(46(59)55-37-9-7-35(42(28-37)49(50,51)52)31-57-16-14-56(4)15-17-57)25-33(32)8-10-38-30-54-43-29-39(11-13-58(38)43)64-24-23-63-22-21-62-20-19-61-18-12-53-47(60)41-27-36-26-40(41)45-44(36)65-48(2,3)66-45/h5-7,9,11,13,25,28-30,36,40-41,44-45H,12,14-24,26-27,31H2,1-4H3,(H,53,60)(H,55,59). The number of alkyl halides is 3. The van der Waals surface area contributed by atoms with Crippen LogP contribution in [0.3, 0.4) is 0 Å². The number of pyridine rings is 1. The van der Waals surface area contributed by atoms with Gasteiger partial charge in [-0.2, -0.15) is 13.2 Å². The van der Waals surface area contributed by atoms with E-state index in [4.69, 9.17) is 28.4 Å². The van der Waals surface area contributed by atoms with Gasteiger partial charge in [0.05, 0.1) is 63.6 Å². The van der Waals surface area contributed by atoms with Gasteiger partial charge < -0.3 is 44.0 Å². The lowest BCUT2D eigenvalue weighted by molar-refractivity contribution is -0.158. The number of nitrogens with one attached hydrogen (secondary N) is 2. The summed E-state index contributed by atoms with van der Waals surface area (Å²) < 4.78 is 79.2. The maximum absolute atomic E-state index is 14.2. The van der Waals surface area contributed by atoms with Crippen molar-refractivity contribution in [3.63, 3.8) is 0 Å². The molecule has 2 aliphatic carbocycles. The van der Waals surface area contributed by atoms with Crippen LogP contribution in [0.4, 0.5) is 18.9 Å². The smallest absolute Gasteiger partial charge is 0.416 e. The number of hydrogen-bond donors (Lipinski definition) is 2. The third-order valence-electron chi connectivity index (χ3n) is 12.8. The molecule has 4 aliphatic rings. The Morgan fingerprint density at radius 3 is 2.36 bits per heavy atom. The van der Waals surface area contributed by atoms with Crippen molar-refractivity contribution in [1.29, 1.82) is 0 Å². The molecule has 2 saturated carbocycles. The molecule has 2 amide bonds. The summed E-state index contributed by atoms with van der Waals surface area (Å²) in [6.45, 7) is 12.1. The molecule has 2 aromatic heterocycles. The number of carbonyl (C=O) groups is 2. The second-order valence-electron chi connectivity index (χ2n) is 18.0. The van der Waals surface area contributed by atoms with Crippen LogP contribution in [0.25, 0.3) is 5.65 Å². The van der Waals surface area contributed by atoms with Crippen LogP contribution in [0.2, 0.25) is 0 Å². The number of likely N-dealkylation sites (N-methyl/N-ethyl adjacent to an activating group) is 1. The molecule has 354 valence electrons. The molecule has 0 radical (unpaired) electrons. The number of imidazole rings is 1. The van der Waals surface area contributed by atoms with E-state index in [-0.39, 0.29) is 53.3 Å². The summed E-state index contributed by atoms with van der Waals surface area (Å²) >= 11 is 0. The van der Waals surface area contributed by atoms with Gasteiger partial charge in [0.1, 0.15) is 23.7 Å². The minimum absolute atomic E-state index is 0.0133. The van der Waals surface area contributed by atoms with E-state index in [9.17, 15) is 22.8 Å².